The molecule has 16 heavy (non-hydrogen) atoms. The number of hydrogen-bond donors (Lipinski definition) is 2. The van der Waals surface area contributed by atoms with Crippen LogP contribution in [0, 0.1) is 0 Å². The number of nitrogens with two attached hydrogens (primary N) is 1. The molecule has 0 aliphatic carbocycles. The Morgan fingerprint density at radius 3 is 2.75 bits per heavy atom. The Morgan fingerprint density at radius 1 is 1.44 bits per heavy atom. The molecule has 88 valence electrons. The normalized spacial score (nSPS) is 10.1. The highest BCUT2D eigenvalue weighted by Crippen LogP contribution is 2.18. The van der Waals surface area contributed by atoms with Gasteiger partial charge in [0.05, 0.1) is 12.4 Å². The molecule has 0 aromatic heterocycles. The molecular formula is C11H16N2O2S. The van der Waals surface area contributed by atoms with Crippen LogP contribution in [0.5, 0.6) is 0 Å². The van der Waals surface area contributed by atoms with Gasteiger partial charge in [-0.15, -0.1) is 11.8 Å². The Hall–Kier alpha value is -1.20. The van der Waals surface area contributed by atoms with Crippen molar-refractivity contribution in [2.24, 2.45) is 0 Å². The van der Waals surface area contributed by atoms with Crippen molar-refractivity contribution in [1.29, 1.82) is 0 Å². The van der Waals surface area contributed by atoms with Gasteiger partial charge in [-0.1, -0.05) is 0 Å². The summed E-state index contributed by atoms with van der Waals surface area (Å²) in [4.78, 5) is 12.4. The second kappa shape index (κ2) is 7.14. The van der Waals surface area contributed by atoms with Crippen LogP contribution < -0.4 is 11.1 Å². The van der Waals surface area contributed by atoms with Crippen molar-refractivity contribution >= 4 is 23.4 Å². The van der Waals surface area contributed by atoms with Gasteiger partial charge < -0.3 is 15.8 Å². The number of thioether (sulfide) groups is 1. The molecule has 3 N–H and O–H groups in total. The number of ether oxygens (including phenoxy) is 1. The number of carbonyl (C=O) groups is 1. The van der Waals surface area contributed by atoms with Crippen LogP contribution in [-0.2, 0) is 9.53 Å². The monoisotopic (exact) mass is 240 g/mol. The van der Waals surface area contributed by atoms with E-state index < -0.39 is 0 Å². The van der Waals surface area contributed by atoms with E-state index in [1.807, 2.05) is 24.3 Å². The second-order valence-corrected chi connectivity index (χ2v) is 4.25. The van der Waals surface area contributed by atoms with E-state index in [1.54, 1.807) is 7.11 Å². The number of nitrogens with one attached hydrogen (secondary N) is 1. The fourth-order valence-electron chi connectivity index (χ4n) is 1.06. The SMILES string of the molecule is COCCNC(=O)CSc1ccc(N)cc1. The predicted octanol–water partition coefficient (Wildman–Crippen LogP) is 1.12. The zero-order valence-corrected chi connectivity index (χ0v) is 10.0. The molecule has 1 rings (SSSR count). The molecule has 1 amide bonds. The molecule has 0 bridgehead atoms. The van der Waals surface area contributed by atoms with E-state index in [2.05, 4.69) is 5.32 Å². The highest BCUT2D eigenvalue weighted by atomic mass is 32.2. The molecule has 1 aromatic carbocycles. The number of benzene rings is 1. The fourth-order valence-corrected chi connectivity index (χ4v) is 1.78. The maximum absolute atomic E-state index is 11.3. The van der Waals surface area contributed by atoms with E-state index in [1.165, 1.54) is 11.8 Å². The third-order valence-electron chi connectivity index (χ3n) is 1.88. The van der Waals surface area contributed by atoms with Crippen molar-refractivity contribution in [3.8, 4) is 0 Å². The molecule has 0 aliphatic heterocycles. The van der Waals surface area contributed by atoms with E-state index in [4.69, 9.17) is 10.5 Å². The third kappa shape index (κ3) is 5.04. The van der Waals surface area contributed by atoms with Crippen molar-refractivity contribution in [2.45, 2.75) is 4.90 Å². The average Bonchev–Trinajstić information content (AvgIpc) is 2.29. The fraction of sp³-hybridized carbons (Fsp3) is 0.364. The summed E-state index contributed by atoms with van der Waals surface area (Å²) in [5.41, 5.74) is 6.29. The molecule has 0 unspecified atom stereocenters. The van der Waals surface area contributed by atoms with Crippen molar-refractivity contribution < 1.29 is 9.53 Å². The summed E-state index contributed by atoms with van der Waals surface area (Å²) >= 11 is 1.49. The lowest BCUT2D eigenvalue weighted by Crippen LogP contribution is -2.28. The summed E-state index contributed by atoms with van der Waals surface area (Å²) in [6, 6.07) is 7.46. The van der Waals surface area contributed by atoms with Gasteiger partial charge in [0.15, 0.2) is 0 Å². The van der Waals surface area contributed by atoms with Gasteiger partial charge in [-0.3, -0.25) is 4.79 Å². The van der Waals surface area contributed by atoms with E-state index in [-0.39, 0.29) is 5.91 Å². The molecule has 0 radical (unpaired) electrons. The molecule has 0 spiro atoms. The average molecular weight is 240 g/mol. The molecule has 0 aliphatic rings. The summed E-state index contributed by atoms with van der Waals surface area (Å²) in [6.45, 7) is 1.09. The van der Waals surface area contributed by atoms with E-state index in [0.29, 0.717) is 18.9 Å². The molecule has 1 aromatic rings. The lowest BCUT2D eigenvalue weighted by Gasteiger charge is -2.04. The van der Waals surface area contributed by atoms with Crippen LogP contribution in [0.1, 0.15) is 0 Å². The Labute approximate surface area is 99.5 Å². The first-order valence-electron chi connectivity index (χ1n) is 4.96. The van der Waals surface area contributed by atoms with Crippen LogP contribution in [0.3, 0.4) is 0 Å². The second-order valence-electron chi connectivity index (χ2n) is 3.20. The van der Waals surface area contributed by atoms with Crippen LogP contribution in [0.2, 0.25) is 0 Å². The zero-order valence-electron chi connectivity index (χ0n) is 9.23. The number of carbonyl (C=O) groups excluding carboxylic acids is 1. The summed E-state index contributed by atoms with van der Waals surface area (Å²) in [7, 11) is 1.61. The predicted molar refractivity (Wildman–Crippen MR) is 66.5 cm³/mol. The summed E-state index contributed by atoms with van der Waals surface area (Å²) in [6.07, 6.45) is 0. The summed E-state index contributed by atoms with van der Waals surface area (Å²) in [5.74, 6) is 0.423. The third-order valence-corrected chi connectivity index (χ3v) is 2.89. The standard InChI is InChI=1S/C11H16N2O2S/c1-15-7-6-13-11(14)8-16-10-4-2-9(12)3-5-10/h2-5H,6-8,12H2,1H3,(H,13,14). The minimum Gasteiger partial charge on any atom is -0.399 e. The van der Waals surface area contributed by atoms with E-state index in [0.717, 1.165) is 10.6 Å². The Bertz CT molecular complexity index is 327. The van der Waals surface area contributed by atoms with Crippen molar-refractivity contribution in [1.82, 2.24) is 5.32 Å². The van der Waals surface area contributed by atoms with Crippen LogP contribution in [0.25, 0.3) is 0 Å². The van der Waals surface area contributed by atoms with Gasteiger partial charge in [0, 0.05) is 24.2 Å². The molecule has 0 atom stereocenters. The Balaban J connectivity index is 2.23. The van der Waals surface area contributed by atoms with Crippen LogP contribution in [-0.4, -0.2) is 31.9 Å². The van der Waals surface area contributed by atoms with Gasteiger partial charge in [0.2, 0.25) is 5.91 Å². The highest BCUT2D eigenvalue weighted by molar-refractivity contribution is 8.00. The van der Waals surface area contributed by atoms with E-state index in [9.17, 15) is 4.79 Å². The minimum absolute atomic E-state index is 0.0128. The summed E-state index contributed by atoms with van der Waals surface area (Å²) < 4.78 is 4.83. The Kier molecular flexibility index (Phi) is 5.74. The maximum Gasteiger partial charge on any atom is 0.230 e. The molecule has 5 heteroatoms. The Morgan fingerprint density at radius 2 is 2.12 bits per heavy atom. The van der Waals surface area contributed by atoms with Gasteiger partial charge in [0.25, 0.3) is 0 Å². The largest absolute Gasteiger partial charge is 0.399 e. The zero-order chi connectivity index (χ0) is 11.8. The maximum atomic E-state index is 11.3. The molecule has 0 heterocycles. The number of rotatable bonds is 6. The minimum atomic E-state index is 0.0128. The highest BCUT2D eigenvalue weighted by Gasteiger charge is 2.01. The molecule has 0 saturated heterocycles. The molecule has 4 nitrogen and oxygen atoms in total. The topological polar surface area (TPSA) is 64.3 Å². The smallest absolute Gasteiger partial charge is 0.230 e. The lowest BCUT2D eigenvalue weighted by atomic mass is 10.3. The van der Waals surface area contributed by atoms with Crippen molar-refractivity contribution in [3.63, 3.8) is 0 Å². The number of hydrogen-bond acceptors (Lipinski definition) is 4. The molecule has 0 fully saturated rings. The summed E-state index contributed by atoms with van der Waals surface area (Å²) in [5, 5.41) is 2.76. The number of methoxy groups -OCH3 is 1. The quantitative estimate of drug-likeness (QED) is 0.444. The molecule has 0 saturated carbocycles. The van der Waals surface area contributed by atoms with Gasteiger partial charge in [-0.25, -0.2) is 0 Å². The molecular weight excluding hydrogens is 224 g/mol. The van der Waals surface area contributed by atoms with Crippen molar-refractivity contribution in [2.75, 3.05) is 31.7 Å². The first-order valence-corrected chi connectivity index (χ1v) is 5.95. The van der Waals surface area contributed by atoms with E-state index >= 15 is 0 Å². The van der Waals surface area contributed by atoms with Crippen LogP contribution >= 0.6 is 11.8 Å². The number of nitrogen functional groups attached to an aromatic ring is 1. The van der Waals surface area contributed by atoms with Gasteiger partial charge in [0.1, 0.15) is 0 Å². The lowest BCUT2D eigenvalue weighted by molar-refractivity contribution is -0.118. The number of anilines is 1. The van der Waals surface area contributed by atoms with Gasteiger partial charge in [-0.2, -0.15) is 0 Å². The number of amides is 1. The first-order chi connectivity index (χ1) is 7.72. The van der Waals surface area contributed by atoms with Gasteiger partial charge >= 0.3 is 0 Å². The van der Waals surface area contributed by atoms with Crippen molar-refractivity contribution in [3.05, 3.63) is 24.3 Å². The van der Waals surface area contributed by atoms with Gasteiger partial charge in [-0.05, 0) is 24.3 Å². The van der Waals surface area contributed by atoms with Crippen LogP contribution in [0.4, 0.5) is 5.69 Å². The van der Waals surface area contributed by atoms with Crippen LogP contribution in [0.15, 0.2) is 29.2 Å². The first kappa shape index (κ1) is 12.9.